The van der Waals surface area contributed by atoms with E-state index in [-0.39, 0.29) is 0 Å². The number of carbonyl (C=O) groups is 1. The molecule has 1 aliphatic rings. The second-order valence-corrected chi connectivity index (χ2v) is 6.73. The summed E-state index contributed by atoms with van der Waals surface area (Å²) in [7, 11) is 0. The van der Waals surface area contributed by atoms with E-state index in [9.17, 15) is 4.79 Å². The second kappa shape index (κ2) is 11.5. The Morgan fingerprint density at radius 1 is 0.909 bits per heavy atom. The first-order valence-corrected chi connectivity index (χ1v) is 9.26. The van der Waals surface area contributed by atoms with Crippen molar-refractivity contribution in [2.45, 2.75) is 90.4 Å². The fourth-order valence-corrected chi connectivity index (χ4v) is 2.75. The molecule has 0 heterocycles. The third kappa shape index (κ3) is 9.81. The lowest BCUT2D eigenvalue weighted by Gasteiger charge is -2.03. The Kier molecular flexibility index (Phi) is 9.94. The van der Waals surface area contributed by atoms with Crippen molar-refractivity contribution in [3.8, 4) is 0 Å². The van der Waals surface area contributed by atoms with Crippen molar-refractivity contribution in [1.29, 1.82) is 0 Å². The summed E-state index contributed by atoms with van der Waals surface area (Å²) in [6.07, 6.45) is 24.5. The van der Waals surface area contributed by atoms with Gasteiger partial charge in [0.15, 0.2) is 0 Å². The first-order chi connectivity index (χ1) is 10.7. The van der Waals surface area contributed by atoms with E-state index in [0.29, 0.717) is 11.8 Å². The fraction of sp³-hybridized carbons (Fsp3) is 0.750. The predicted octanol–water partition coefficient (Wildman–Crippen LogP) is 6.27. The molecule has 22 heavy (non-hydrogen) atoms. The molecule has 0 atom stereocenters. The number of hydrogen-bond acceptors (Lipinski definition) is 1. The van der Waals surface area contributed by atoms with Crippen LogP contribution in [0, 0.1) is 5.41 Å². The molecule has 0 spiro atoms. The summed E-state index contributed by atoms with van der Waals surface area (Å²) in [4.78, 5) is 10.4. The van der Waals surface area contributed by atoms with Crippen LogP contribution in [-0.2, 0) is 4.79 Å². The molecule has 126 valence electrons. The molecule has 2 nitrogen and oxygen atoms in total. The Balaban J connectivity index is 1.99. The molecule has 0 aromatic rings. The van der Waals surface area contributed by atoms with E-state index in [1.807, 2.05) is 0 Å². The number of aliphatic carboxylic acids is 1. The smallest absolute Gasteiger partial charge is 0.303 e. The third-order valence-electron chi connectivity index (χ3n) is 4.46. The lowest BCUT2D eigenvalue weighted by molar-refractivity contribution is -0.137. The van der Waals surface area contributed by atoms with Crippen molar-refractivity contribution in [3.05, 3.63) is 24.3 Å². The molecular formula is C20H34O2. The molecule has 0 amide bonds. The zero-order chi connectivity index (χ0) is 16.1. The highest BCUT2D eigenvalue weighted by molar-refractivity contribution is 5.66. The minimum Gasteiger partial charge on any atom is -0.481 e. The second-order valence-electron chi connectivity index (χ2n) is 6.73. The lowest BCUT2D eigenvalue weighted by Crippen LogP contribution is -1.93. The zero-order valence-electron chi connectivity index (χ0n) is 14.4. The molecule has 0 radical (unpaired) electrons. The van der Waals surface area contributed by atoms with Crippen LogP contribution in [0.3, 0.4) is 0 Å². The van der Waals surface area contributed by atoms with E-state index in [4.69, 9.17) is 5.11 Å². The van der Waals surface area contributed by atoms with Gasteiger partial charge in [0.1, 0.15) is 0 Å². The Bertz CT molecular complexity index is 351. The molecule has 1 aliphatic carbocycles. The van der Waals surface area contributed by atoms with Gasteiger partial charge in [-0.05, 0) is 44.9 Å². The standard InChI is InChI=1S/C20H34O2/c1-2-3-4-9-12-15-20(17-18-20)16-13-10-7-5-6-8-11-14-19(21)22/h12-13,15-16H,2-11,14,17-18H2,1H3,(H,21,22)/b15-12+,16-13+. The van der Waals surface area contributed by atoms with E-state index >= 15 is 0 Å². The quantitative estimate of drug-likeness (QED) is 0.303. The first kappa shape index (κ1) is 19.0. The van der Waals surface area contributed by atoms with Gasteiger partial charge in [-0.25, -0.2) is 0 Å². The highest BCUT2D eigenvalue weighted by Gasteiger charge is 2.36. The maximum absolute atomic E-state index is 10.4. The minimum atomic E-state index is -0.666. The average molecular weight is 306 g/mol. The Morgan fingerprint density at radius 2 is 1.45 bits per heavy atom. The van der Waals surface area contributed by atoms with Gasteiger partial charge >= 0.3 is 5.97 Å². The van der Waals surface area contributed by atoms with Crippen molar-refractivity contribution >= 4 is 5.97 Å². The highest BCUT2D eigenvalue weighted by Crippen LogP contribution is 2.48. The maximum atomic E-state index is 10.4. The summed E-state index contributed by atoms with van der Waals surface area (Å²) in [5.41, 5.74) is 0.410. The van der Waals surface area contributed by atoms with Gasteiger partial charge in [-0.1, -0.05) is 63.3 Å². The summed E-state index contributed by atoms with van der Waals surface area (Å²) < 4.78 is 0. The number of carboxylic acids is 1. The van der Waals surface area contributed by atoms with E-state index in [0.717, 1.165) is 12.8 Å². The van der Waals surface area contributed by atoms with Gasteiger partial charge in [0.25, 0.3) is 0 Å². The number of hydrogen-bond donors (Lipinski definition) is 1. The molecule has 0 aromatic carbocycles. The van der Waals surface area contributed by atoms with Gasteiger partial charge in [0.2, 0.25) is 0 Å². The molecule has 1 fully saturated rings. The number of rotatable bonds is 14. The van der Waals surface area contributed by atoms with Crippen LogP contribution in [0.1, 0.15) is 90.4 Å². The topological polar surface area (TPSA) is 37.3 Å². The number of unbranched alkanes of at least 4 members (excludes halogenated alkanes) is 8. The van der Waals surface area contributed by atoms with Gasteiger partial charge in [0, 0.05) is 11.8 Å². The van der Waals surface area contributed by atoms with Crippen molar-refractivity contribution in [2.24, 2.45) is 5.41 Å². The summed E-state index contributed by atoms with van der Waals surface area (Å²) in [6, 6.07) is 0. The molecule has 1 saturated carbocycles. The monoisotopic (exact) mass is 306 g/mol. The summed E-state index contributed by atoms with van der Waals surface area (Å²) in [6.45, 7) is 2.25. The predicted molar refractivity (Wildman–Crippen MR) is 94.0 cm³/mol. The van der Waals surface area contributed by atoms with Crippen LogP contribution in [-0.4, -0.2) is 11.1 Å². The largest absolute Gasteiger partial charge is 0.481 e. The minimum absolute atomic E-state index is 0.326. The Morgan fingerprint density at radius 3 is 2.00 bits per heavy atom. The van der Waals surface area contributed by atoms with Crippen LogP contribution in [0.4, 0.5) is 0 Å². The molecule has 0 unspecified atom stereocenters. The zero-order valence-corrected chi connectivity index (χ0v) is 14.4. The van der Waals surface area contributed by atoms with Crippen molar-refractivity contribution in [3.63, 3.8) is 0 Å². The van der Waals surface area contributed by atoms with E-state index < -0.39 is 5.97 Å². The summed E-state index contributed by atoms with van der Waals surface area (Å²) in [5, 5.41) is 8.56. The van der Waals surface area contributed by atoms with Gasteiger partial charge in [-0.2, -0.15) is 0 Å². The molecule has 1 N–H and O–H groups in total. The molecule has 1 rings (SSSR count). The van der Waals surface area contributed by atoms with Crippen LogP contribution < -0.4 is 0 Å². The third-order valence-corrected chi connectivity index (χ3v) is 4.46. The molecule has 2 heteroatoms. The van der Waals surface area contributed by atoms with Crippen LogP contribution in [0.2, 0.25) is 0 Å². The Labute approximate surface area is 136 Å². The van der Waals surface area contributed by atoms with Crippen molar-refractivity contribution in [2.75, 3.05) is 0 Å². The number of allylic oxidation sites excluding steroid dienone is 4. The maximum Gasteiger partial charge on any atom is 0.303 e. The van der Waals surface area contributed by atoms with Crippen LogP contribution in [0.5, 0.6) is 0 Å². The van der Waals surface area contributed by atoms with Crippen molar-refractivity contribution < 1.29 is 9.90 Å². The average Bonchev–Trinajstić information content (AvgIpc) is 3.25. The van der Waals surface area contributed by atoms with Crippen molar-refractivity contribution in [1.82, 2.24) is 0 Å². The molecule has 0 aliphatic heterocycles. The summed E-state index contributed by atoms with van der Waals surface area (Å²) >= 11 is 0. The van der Waals surface area contributed by atoms with Crippen LogP contribution >= 0.6 is 0 Å². The molecular weight excluding hydrogens is 272 g/mol. The first-order valence-electron chi connectivity index (χ1n) is 9.26. The van der Waals surface area contributed by atoms with Gasteiger partial charge in [0.05, 0.1) is 0 Å². The van der Waals surface area contributed by atoms with E-state index in [1.54, 1.807) is 0 Å². The Hall–Kier alpha value is -1.05. The van der Waals surface area contributed by atoms with Gasteiger partial charge in [-0.15, -0.1) is 0 Å². The number of carboxylic acid groups (broad SMARTS) is 1. The lowest BCUT2D eigenvalue weighted by atomic mass is 10.0. The normalized spacial score (nSPS) is 16.6. The fourth-order valence-electron chi connectivity index (χ4n) is 2.75. The van der Waals surface area contributed by atoms with E-state index in [1.165, 1.54) is 64.2 Å². The highest BCUT2D eigenvalue weighted by atomic mass is 16.4. The molecule has 0 aromatic heterocycles. The summed E-state index contributed by atoms with van der Waals surface area (Å²) in [5.74, 6) is -0.666. The van der Waals surface area contributed by atoms with Crippen LogP contribution in [0.15, 0.2) is 24.3 Å². The SMILES string of the molecule is CCCCC/C=C/C1(/C=C/CCCCCCCC(=O)O)CC1. The molecule has 0 bridgehead atoms. The van der Waals surface area contributed by atoms with Crippen LogP contribution in [0.25, 0.3) is 0 Å². The van der Waals surface area contributed by atoms with Gasteiger partial charge < -0.3 is 5.11 Å². The van der Waals surface area contributed by atoms with E-state index in [2.05, 4.69) is 31.2 Å². The van der Waals surface area contributed by atoms with Gasteiger partial charge in [-0.3, -0.25) is 4.79 Å². The molecule has 0 saturated heterocycles.